The minimum atomic E-state index is -0.962. The van der Waals surface area contributed by atoms with Gasteiger partial charge in [-0.05, 0) is 48.8 Å². The van der Waals surface area contributed by atoms with Crippen LogP contribution in [-0.2, 0) is 20.8 Å². The molecule has 1 atom stereocenters. The van der Waals surface area contributed by atoms with E-state index in [9.17, 15) is 19.5 Å². The number of carbonyl (C=O) groups excluding carboxylic acids is 1. The highest BCUT2D eigenvalue weighted by molar-refractivity contribution is 5.80. The number of carboxylic acid groups (broad SMARTS) is 2. The predicted octanol–water partition coefficient (Wildman–Crippen LogP) is 3.75. The Labute approximate surface area is 175 Å². The van der Waals surface area contributed by atoms with Crippen LogP contribution in [0.2, 0.25) is 0 Å². The average molecular weight is 409 g/mol. The zero-order valence-electron chi connectivity index (χ0n) is 16.8. The van der Waals surface area contributed by atoms with Crippen LogP contribution < -0.4 is 5.32 Å². The van der Waals surface area contributed by atoms with Gasteiger partial charge in [0.1, 0.15) is 0 Å². The summed E-state index contributed by atoms with van der Waals surface area (Å²) < 4.78 is 0. The maximum Gasteiger partial charge on any atom is 0.306 e. The van der Waals surface area contributed by atoms with Gasteiger partial charge in [0.25, 0.3) is 0 Å². The smallest absolute Gasteiger partial charge is 0.306 e. The molecule has 1 aliphatic carbocycles. The third-order valence-corrected chi connectivity index (χ3v) is 5.76. The van der Waals surface area contributed by atoms with Crippen molar-refractivity contribution in [3.8, 4) is 11.1 Å². The third kappa shape index (κ3) is 5.92. The molecule has 0 spiro atoms. The summed E-state index contributed by atoms with van der Waals surface area (Å²) in [4.78, 5) is 35.0. The fraction of sp³-hybridized carbons (Fsp3) is 0.375. The number of carboxylic acids is 2. The zero-order chi connectivity index (χ0) is 21.5. The van der Waals surface area contributed by atoms with Gasteiger partial charge in [-0.2, -0.15) is 0 Å². The lowest BCUT2D eigenvalue weighted by Gasteiger charge is -2.27. The van der Waals surface area contributed by atoms with E-state index < -0.39 is 18.0 Å². The van der Waals surface area contributed by atoms with E-state index in [1.807, 2.05) is 54.6 Å². The van der Waals surface area contributed by atoms with Crippen LogP contribution in [0.5, 0.6) is 0 Å². The highest BCUT2D eigenvalue weighted by Crippen LogP contribution is 2.29. The number of carbonyl (C=O) groups is 3. The fourth-order valence-corrected chi connectivity index (χ4v) is 4.06. The van der Waals surface area contributed by atoms with Gasteiger partial charge >= 0.3 is 11.9 Å². The molecule has 6 nitrogen and oxygen atoms in total. The summed E-state index contributed by atoms with van der Waals surface area (Å²) >= 11 is 0. The lowest BCUT2D eigenvalue weighted by Crippen LogP contribution is -2.42. The number of hydrogen-bond donors (Lipinski definition) is 3. The summed E-state index contributed by atoms with van der Waals surface area (Å²) in [6, 6.07) is 17.4. The second kappa shape index (κ2) is 10.1. The molecule has 1 fully saturated rings. The van der Waals surface area contributed by atoms with Crippen LogP contribution in [0.3, 0.4) is 0 Å². The topological polar surface area (TPSA) is 104 Å². The van der Waals surface area contributed by atoms with Crippen molar-refractivity contribution in [2.75, 3.05) is 0 Å². The van der Waals surface area contributed by atoms with Gasteiger partial charge in [0.15, 0.2) is 0 Å². The average Bonchev–Trinajstić information content (AvgIpc) is 2.74. The summed E-state index contributed by atoms with van der Waals surface area (Å²) in [5, 5.41) is 21.2. The van der Waals surface area contributed by atoms with E-state index in [0.717, 1.165) is 16.7 Å². The monoisotopic (exact) mass is 409 g/mol. The molecule has 1 saturated carbocycles. The molecule has 0 aliphatic heterocycles. The van der Waals surface area contributed by atoms with Crippen molar-refractivity contribution in [3.05, 3.63) is 60.2 Å². The predicted molar refractivity (Wildman–Crippen MR) is 113 cm³/mol. The molecule has 2 aromatic carbocycles. The molecule has 0 unspecified atom stereocenters. The van der Waals surface area contributed by atoms with Gasteiger partial charge in [-0.15, -0.1) is 0 Å². The van der Waals surface area contributed by atoms with Crippen molar-refractivity contribution < 1.29 is 24.6 Å². The lowest BCUT2D eigenvalue weighted by atomic mass is 9.81. The molecule has 6 heteroatoms. The van der Waals surface area contributed by atoms with Crippen LogP contribution >= 0.6 is 0 Å². The third-order valence-electron chi connectivity index (χ3n) is 5.76. The van der Waals surface area contributed by atoms with Crippen LogP contribution in [0.25, 0.3) is 11.1 Å². The molecule has 0 bridgehead atoms. The van der Waals surface area contributed by atoms with E-state index in [1.165, 1.54) is 0 Å². The Balaban J connectivity index is 1.61. The number of benzene rings is 2. The largest absolute Gasteiger partial charge is 0.481 e. The van der Waals surface area contributed by atoms with E-state index >= 15 is 0 Å². The first-order valence-electron chi connectivity index (χ1n) is 10.3. The molecule has 30 heavy (non-hydrogen) atoms. The van der Waals surface area contributed by atoms with Gasteiger partial charge in [0.2, 0.25) is 5.91 Å². The molecule has 0 heterocycles. The molecule has 3 rings (SSSR count). The van der Waals surface area contributed by atoms with Crippen molar-refractivity contribution in [1.82, 2.24) is 5.32 Å². The Morgan fingerprint density at radius 1 is 0.833 bits per heavy atom. The first kappa shape index (κ1) is 21.6. The summed E-state index contributed by atoms with van der Waals surface area (Å²) in [7, 11) is 0. The molecule has 1 aliphatic rings. The molecule has 158 valence electrons. The van der Waals surface area contributed by atoms with Crippen LogP contribution in [-0.4, -0.2) is 34.1 Å². The summed E-state index contributed by atoms with van der Waals surface area (Å²) in [6.07, 6.45) is 2.28. The lowest BCUT2D eigenvalue weighted by molar-refractivity contribution is -0.144. The van der Waals surface area contributed by atoms with Gasteiger partial charge in [-0.3, -0.25) is 14.4 Å². The second-order valence-electron chi connectivity index (χ2n) is 7.96. The number of amides is 1. The Bertz CT molecular complexity index is 870. The highest BCUT2D eigenvalue weighted by atomic mass is 16.4. The summed E-state index contributed by atoms with van der Waals surface area (Å²) in [5.74, 6) is -2.58. The molecule has 3 N–H and O–H groups in total. The van der Waals surface area contributed by atoms with Crippen molar-refractivity contribution in [1.29, 1.82) is 0 Å². The quantitative estimate of drug-likeness (QED) is 0.616. The maximum absolute atomic E-state index is 12.6. The number of rotatable bonds is 8. The molecule has 0 saturated heterocycles. The van der Waals surface area contributed by atoms with Crippen LogP contribution in [0, 0.1) is 11.8 Å². The zero-order valence-corrected chi connectivity index (χ0v) is 16.8. The first-order valence-corrected chi connectivity index (χ1v) is 10.3. The van der Waals surface area contributed by atoms with Crippen LogP contribution in [0.15, 0.2) is 54.6 Å². The van der Waals surface area contributed by atoms with Crippen LogP contribution in [0.1, 0.15) is 37.7 Å². The molecule has 2 aromatic rings. The van der Waals surface area contributed by atoms with Gasteiger partial charge in [0.05, 0.1) is 12.3 Å². The van der Waals surface area contributed by atoms with Crippen molar-refractivity contribution in [3.63, 3.8) is 0 Å². The van der Waals surface area contributed by atoms with E-state index in [-0.39, 0.29) is 24.2 Å². The Kier molecular flexibility index (Phi) is 7.22. The minimum absolute atomic E-state index is 0.156. The summed E-state index contributed by atoms with van der Waals surface area (Å²) in [5.41, 5.74) is 3.14. The fourth-order valence-electron chi connectivity index (χ4n) is 4.06. The summed E-state index contributed by atoms with van der Waals surface area (Å²) in [6.45, 7) is 0. The first-order chi connectivity index (χ1) is 14.4. The van der Waals surface area contributed by atoms with Crippen molar-refractivity contribution in [2.24, 2.45) is 11.8 Å². The normalized spacial score (nSPS) is 19.6. The highest BCUT2D eigenvalue weighted by Gasteiger charge is 2.30. The molecule has 0 aromatic heterocycles. The Morgan fingerprint density at radius 2 is 1.40 bits per heavy atom. The molecular formula is C24H27NO5. The van der Waals surface area contributed by atoms with Gasteiger partial charge in [-0.25, -0.2) is 0 Å². The maximum atomic E-state index is 12.6. The number of hydrogen-bond acceptors (Lipinski definition) is 3. The van der Waals surface area contributed by atoms with E-state index in [1.54, 1.807) is 0 Å². The minimum Gasteiger partial charge on any atom is -0.481 e. The van der Waals surface area contributed by atoms with E-state index in [2.05, 4.69) is 5.32 Å². The molecule has 1 amide bonds. The van der Waals surface area contributed by atoms with E-state index in [0.29, 0.717) is 32.1 Å². The van der Waals surface area contributed by atoms with Crippen LogP contribution in [0.4, 0.5) is 0 Å². The molecule has 0 radical (unpaired) electrons. The number of aliphatic carboxylic acids is 2. The van der Waals surface area contributed by atoms with Gasteiger partial charge in [0, 0.05) is 12.0 Å². The molecular weight excluding hydrogens is 382 g/mol. The van der Waals surface area contributed by atoms with Crippen molar-refractivity contribution >= 4 is 17.8 Å². The van der Waals surface area contributed by atoms with Crippen molar-refractivity contribution in [2.45, 2.75) is 44.6 Å². The second-order valence-corrected chi connectivity index (χ2v) is 7.96. The standard InChI is InChI=1S/C24H27NO5/c26-22(27)15-21(25-23(28)19-10-12-20(13-11-19)24(29)30)14-16-6-8-18(9-7-16)17-4-2-1-3-5-17/h1-9,19-21H,10-15H2,(H,25,28)(H,26,27)(H,29,30)/t19?,20?,21-/m1/s1. The van der Waals surface area contributed by atoms with Gasteiger partial charge in [-0.1, -0.05) is 54.6 Å². The SMILES string of the molecule is O=C(O)C[C@@H](Cc1ccc(-c2ccccc2)cc1)NC(=O)C1CCC(C(=O)O)CC1. The Hall–Kier alpha value is -3.15. The van der Waals surface area contributed by atoms with E-state index in [4.69, 9.17) is 5.11 Å². The Morgan fingerprint density at radius 3 is 1.97 bits per heavy atom. The van der Waals surface area contributed by atoms with Gasteiger partial charge < -0.3 is 15.5 Å². The number of nitrogens with one attached hydrogen (secondary N) is 1.